The van der Waals surface area contributed by atoms with Crippen molar-refractivity contribution in [2.24, 2.45) is 0 Å². The Morgan fingerprint density at radius 3 is 2.47 bits per heavy atom. The largest absolute Gasteiger partial charge is 0.389 e. The minimum absolute atomic E-state index is 0.0675. The average molecular weight is 300 g/mol. The van der Waals surface area contributed by atoms with Crippen molar-refractivity contribution in [2.75, 3.05) is 13.1 Å². The zero-order chi connectivity index (χ0) is 13.1. The summed E-state index contributed by atoms with van der Waals surface area (Å²) in [6, 6.07) is 7.31. The lowest BCUT2D eigenvalue weighted by Crippen LogP contribution is -2.42. The third-order valence-corrected chi connectivity index (χ3v) is 3.04. The highest BCUT2D eigenvalue weighted by molar-refractivity contribution is 9.10. The van der Waals surface area contributed by atoms with E-state index in [-0.39, 0.29) is 5.91 Å². The predicted octanol–water partition coefficient (Wildman–Crippen LogP) is 2.68. The van der Waals surface area contributed by atoms with Gasteiger partial charge in [-0.3, -0.25) is 4.79 Å². The minimum atomic E-state index is -0.882. The molecule has 4 heteroatoms. The summed E-state index contributed by atoms with van der Waals surface area (Å²) in [6.45, 7) is 6.19. The molecule has 0 spiro atoms. The maximum Gasteiger partial charge on any atom is 0.255 e. The molecule has 0 fully saturated rings. The number of benzene rings is 1. The van der Waals surface area contributed by atoms with Gasteiger partial charge in [0.05, 0.1) is 11.2 Å². The van der Waals surface area contributed by atoms with Crippen molar-refractivity contribution in [1.82, 2.24) is 4.90 Å². The van der Waals surface area contributed by atoms with Crippen molar-refractivity contribution < 1.29 is 9.90 Å². The Hall–Kier alpha value is -0.870. The molecule has 1 rings (SSSR count). The maximum absolute atomic E-state index is 12.3. The zero-order valence-corrected chi connectivity index (χ0v) is 12.0. The van der Waals surface area contributed by atoms with E-state index in [0.29, 0.717) is 18.7 Å². The summed E-state index contributed by atoms with van der Waals surface area (Å²) in [5.74, 6) is -0.0675. The van der Waals surface area contributed by atoms with Crippen LogP contribution in [0.4, 0.5) is 0 Å². The second kappa shape index (κ2) is 5.65. The number of carbonyl (C=O) groups is 1. The third-order valence-electron chi connectivity index (χ3n) is 2.35. The van der Waals surface area contributed by atoms with Crippen molar-refractivity contribution in [3.8, 4) is 0 Å². The van der Waals surface area contributed by atoms with Gasteiger partial charge in [0.15, 0.2) is 0 Å². The van der Waals surface area contributed by atoms with Crippen LogP contribution in [0.15, 0.2) is 28.7 Å². The van der Waals surface area contributed by atoms with Crippen molar-refractivity contribution in [2.45, 2.75) is 26.4 Å². The molecule has 0 saturated heterocycles. The summed E-state index contributed by atoms with van der Waals surface area (Å²) in [6.07, 6.45) is 0. The zero-order valence-electron chi connectivity index (χ0n) is 10.4. The van der Waals surface area contributed by atoms with Gasteiger partial charge in [-0.2, -0.15) is 0 Å². The maximum atomic E-state index is 12.3. The summed E-state index contributed by atoms with van der Waals surface area (Å²) in [7, 11) is 0. The molecule has 0 aliphatic heterocycles. The van der Waals surface area contributed by atoms with Gasteiger partial charge >= 0.3 is 0 Å². The molecule has 1 N–H and O–H groups in total. The normalized spacial score (nSPS) is 11.4. The Balaban J connectivity index is 2.91. The van der Waals surface area contributed by atoms with E-state index >= 15 is 0 Å². The quantitative estimate of drug-likeness (QED) is 0.928. The number of likely N-dealkylation sites (N-methyl/N-ethyl adjacent to an activating group) is 1. The first-order valence-electron chi connectivity index (χ1n) is 5.61. The van der Waals surface area contributed by atoms with E-state index in [1.54, 1.807) is 24.8 Å². The standard InChI is InChI=1S/C13H18BrNO2/c1-4-15(9-13(2,3)17)12(16)10-7-5-6-8-11(10)14/h5-8,17H,4,9H2,1-3H3. The Kier molecular flexibility index (Phi) is 4.71. The van der Waals surface area contributed by atoms with Gasteiger partial charge in [0.25, 0.3) is 5.91 Å². The first-order chi connectivity index (χ1) is 7.85. The first-order valence-corrected chi connectivity index (χ1v) is 6.40. The molecule has 0 radical (unpaired) electrons. The van der Waals surface area contributed by atoms with Gasteiger partial charge in [0.2, 0.25) is 0 Å². The molecule has 1 amide bonds. The second-order valence-electron chi connectivity index (χ2n) is 4.61. The van der Waals surface area contributed by atoms with Gasteiger partial charge in [-0.1, -0.05) is 12.1 Å². The van der Waals surface area contributed by atoms with E-state index < -0.39 is 5.60 Å². The van der Waals surface area contributed by atoms with E-state index in [1.807, 2.05) is 25.1 Å². The SMILES string of the molecule is CCN(CC(C)(C)O)C(=O)c1ccccc1Br. The number of hydrogen-bond acceptors (Lipinski definition) is 2. The number of hydrogen-bond donors (Lipinski definition) is 1. The Morgan fingerprint density at radius 2 is 2.00 bits per heavy atom. The molecule has 0 unspecified atom stereocenters. The van der Waals surface area contributed by atoms with Crippen LogP contribution in [0.1, 0.15) is 31.1 Å². The number of aliphatic hydroxyl groups is 1. The molecule has 0 bridgehead atoms. The highest BCUT2D eigenvalue weighted by Gasteiger charge is 2.23. The molecule has 0 heterocycles. The first kappa shape index (κ1) is 14.2. The van der Waals surface area contributed by atoms with Crippen molar-refractivity contribution in [3.05, 3.63) is 34.3 Å². The summed E-state index contributed by atoms with van der Waals surface area (Å²) in [5.41, 5.74) is -0.258. The van der Waals surface area contributed by atoms with Gasteiger partial charge in [0, 0.05) is 17.6 Å². The molecular formula is C13H18BrNO2. The number of amides is 1. The van der Waals surface area contributed by atoms with Gasteiger partial charge in [-0.25, -0.2) is 0 Å². The van der Waals surface area contributed by atoms with E-state index in [1.165, 1.54) is 0 Å². The topological polar surface area (TPSA) is 40.5 Å². The van der Waals surface area contributed by atoms with Crippen LogP contribution in [0.2, 0.25) is 0 Å². The summed E-state index contributed by atoms with van der Waals surface area (Å²) in [5, 5.41) is 9.78. The lowest BCUT2D eigenvalue weighted by atomic mass is 10.1. The average Bonchev–Trinajstić information content (AvgIpc) is 2.24. The fourth-order valence-electron chi connectivity index (χ4n) is 1.60. The molecule has 0 saturated carbocycles. The lowest BCUT2D eigenvalue weighted by Gasteiger charge is -2.28. The number of halogens is 1. The van der Waals surface area contributed by atoms with Gasteiger partial charge in [0.1, 0.15) is 0 Å². The van der Waals surface area contributed by atoms with Crippen LogP contribution in [0.5, 0.6) is 0 Å². The van der Waals surface area contributed by atoms with Crippen LogP contribution >= 0.6 is 15.9 Å². The Morgan fingerprint density at radius 1 is 1.41 bits per heavy atom. The van der Waals surface area contributed by atoms with Crippen LogP contribution in [0.3, 0.4) is 0 Å². The number of nitrogens with zero attached hydrogens (tertiary/aromatic N) is 1. The monoisotopic (exact) mass is 299 g/mol. The molecule has 1 aromatic rings. The molecule has 1 aromatic carbocycles. The smallest absolute Gasteiger partial charge is 0.255 e. The van der Waals surface area contributed by atoms with E-state index in [2.05, 4.69) is 15.9 Å². The summed E-state index contributed by atoms with van der Waals surface area (Å²) >= 11 is 3.36. The predicted molar refractivity (Wildman–Crippen MR) is 72.0 cm³/mol. The van der Waals surface area contributed by atoms with Crippen LogP contribution in [-0.2, 0) is 0 Å². The summed E-state index contributed by atoms with van der Waals surface area (Å²) < 4.78 is 0.777. The number of carbonyl (C=O) groups excluding carboxylic acids is 1. The molecule has 0 aliphatic rings. The Labute approximate surface area is 111 Å². The number of rotatable bonds is 4. The van der Waals surface area contributed by atoms with E-state index in [9.17, 15) is 9.90 Å². The third kappa shape index (κ3) is 4.13. The fraction of sp³-hybridized carbons (Fsp3) is 0.462. The molecule has 0 atom stereocenters. The van der Waals surface area contributed by atoms with Crippen molar-refractivity contribution in [1.29, 1.82) is 0 Å². The molecule has 94 valence electrons. The molecule has 0 aliphatic carbocycles. The van der Waals surface area contributed by atoms with Crippen LogP contribution < -0.4 is 0 Å². The van der Waals surface area contributed by atoms with Crippen molar-refractivity contribution >= 4 is 21.8 Å². The Bertz CT molecular complexity index is 399. The van der Waals surface area contributed by atoms with Crippen LogP contribution in [-0.4, -0.2) is 34.6 Å². The molecular weight excluding hydrogens is 282 g/mol. The lowest BCUT2D eigenvalue weighted by molar-refractivity contribution is 0.0314. The highest BCUT2D eigenvalue weighted by Crippen LogP contribution is 2.18. The van der Waals surface area contributed by atoms with Crippen molar-refractivity contribution in [3.63, 3.8) is 0 Å². The van der Waals surface area contributed by atoms with Gasteiger partial charge < -0.3 is 10.0 Å². The van der Waals surface area contributed by atoms with E-state index in [4.69, 9.17) is 0 Å². The van der Waals surface area contributed by atoms with E-state index in [0.717, 1.165) is 4.47 Å². The van der Waals surface area contributed by atoms with Gasteiger partial charge in [-0.15, -0.1) is 0 Å². The van der Waals surface area contributed by atoms with Crippen LogP contribution in [0.25, 0.3) is 0 Å². The minimum Gasteiger partial charge on any atom is -0.389 e. The van der Waals surface area contributed by atoms with Crippen LogP contribution in [0, 0.1) is 0 Å². The second-order valence-corrected chi connectivity index (χ2v) is 5.47. The molecule has 17 heavy (non-hydrogen) atoms. The fourth-order valence-corrected chi connectivity index (χ4v) is 2.05. The summed E-state index contributed by atoms with van der Waals surface area (Å²) in [4.78, 5) is 13.9. The highest BCUT2D eigenvalue weighted by atomic mass is 79.9. The molecule has 3 nitrogen and oxygen atoms in total. The molecule has 0 aromatic heterocycles. The van der Waals surface area contributed by atoms with Gasteiger partial charge in [-0.05, 0) is 48.8 Å².